The maximum Gasteiger partial charge on any atom is 0.135 e. The topological polar surface area (TPSA) is 9.23 Å². The molecule has 8 aromatic rings. The van der Waals surface area contributed by atoms with Crippen LogP contribution in [0.15, 0.2) is 182 Å². The first-order valence-corrected chi connectivity index (χ1v) is 38.3. The molecule has 0 aromatic heterocycles. The molecule has 0 spiro atoms. The van der Waals surface area contributed by atoms with E-state index in [1.54, 1.807) is 0 Å². The molecule has 0 radical (unpaired) electrons. The van der Waals surface area contributed by atoms with Gasteiger partial charge in [0.15, 0.2) is 0 Å². The minimum Gasteiger partial charge on any atom is -0.456 e. The lowest BCUT2D eigenvalue weighted by molar-refractivity contribution is -0.919. The second-order valence-corrected chi connectivity index (χ2v) is 33.0. The van der Waals surface area contributed by atoms with Crippen molar-refractivity contribution in [3.63, 3.8) is 0 Å². The predicted octanol–water partition coefficient (Wildman–Crippen LogP) is 16.2. The van der Waals surface area contributed by atoms with Gasteiger partial charge in [-0.1, -0.05) is 158 Å². The van der Waals surface area contributed by atoms with Gasteiger partial charge >= 0.3 is 0 Å². The van der Waals surface area contributed by atoms with E-state index >= 15 is 0 Å². The predicted molar refractivity (Wildman–Crippen MR) is 407 cm³/mol. The molecular weight excluding hydrogens is 1170 g/mol. The number of benzene rings is 8. The maximum absolute atomic E-state index is 7.96. The van der Waals surface area contributed by atoms with Gasteiger partial charge in [0.1, 0.15) is 50.8 Å². The molecule has 8 aromatic carbocycles. The Bertz CT molecular complexity index is 3230. The van der Waals surface area contributed by atoms with Crippen LogP contribution in [0.5, 0.6) is 11.5 Å². The lowest BCUT2D eigenvalue weighted by Gasteiger charge is -2.32. The molecule has 0 bridgehead atoms. The van der Waals surface area contributed by atoms with Crippen molar-refractivity contribution in [2.75, 3.05) is 121 Å². The van der Waals surface area contributed by atoms with Crippen molar-refractivity contribution in [1.82, 2.24) is 0 Å². The number of ether oxygens (including phenoxy) is 1. The Morgan fingerprint density at radius 3 is 0.581 bits per heavy atom. The molecule has 0 amide bonds. The van der Waals surface area contributed by atoms with E-state index in [1.165, 1.54) is 87.5 Å². The molecule has 93 heavy (non-hydrogen) atoms. The summed E-state index contributed by atoms with van der Waals surface area (Å²) in [6, 6.07) is 72.1. The monoisotopic (exact) mass is 1290 g/mol. The van der Waals surface area contributed by atoms with Gasteiger partial charge in [-0.05, 0) is 167 Å². The van der Waals surface area contributed by atoms with Crippen molar-refractivity contribution >= 4 is 47.7 Å². The van der Waals surface area contributed by atoms with Gasteiger partial charge in [-0.25, -0.2) is 0 Å². The lowest BCUT2D eigenvalue weighted by Crippen LogP contribution is -2.42. The zero-order valence-electron chi connectivity index (χ0n) is 61.0. The van der Waals surface area contributed by atoms with Gasteiger partial charge in [0.05, 0.1) is 121 Å². The van der Waals surface area contributed by atoms with Crippen LogP contribution >= 0.6 is 15.8 Å². The van der Waals surface area contributed by atoms with Gasteiger partial charge in [0.2, 0.25) is 0 Å². The number of quaternary nitrogens is 6. The molecule has 0 aliphatic carbocycles. The Kier molecular flexibility index (Phi) is 25.3. The van der Waals surface area contributed by atoms with Crippen molar-refractivity contribution in [2.45, 2.75) is 122 Å². The van der Waals surface area contributed by atoms with E-state index in [4.69, 9.17) is 4.74 Å². The fourth-order valence-electron chi connectivity index (χ4n) is 12.8. The average Bonchev–Trinajstić information content (AvgIpc) is 0.787. The number of rotatable bonds is 34. The zero-order valence-corrected chi connectivity index (χ0v) is 62.8. The number of nitrogens with zero attached hydrogens (tertiary/aromatic N) is 6. The summed E-state index contributed by atoms with van der Waals surface area (Å²) in [4.78, 5) is 0. The van der Waals surface area contributed by atoms with Crippen LogP contribution in [0.25, 0.3) is 22.3 Å². The Labute approximate surface area is 568 Å². The van der Waals surface area contributed by atoms with Crippen molar-refractivity contribution in [2.24, 2.45) is 0 Å². The molecule has 0 fully saturated rings. The quantitative estimate of drug-likeness (QED) is 0.0289. The molecule has 496 valence electrons. The number of hydrogen-bond donors (Lipinski definition) is 0. The third-order valence-electron chi connectivity index (χ3n) is 22.5. The van der Waals surface area contributed by atoms with Crippen molar-refractivity contribution in [3.05, 3.63) is 215 Å². The van der Waals surface area contributed by atoms with Crippen LogP contribution in [0.4, 0.5) is 0 Å². The Morgan fingerprint density at radius 2 is 0.398 bits per heavy atom. The Balaban J connectivity index is 1.38. The third kappa shape index (κ3) is 18.4. The average molecular weight is 1290 g/mol. The van der Waals surface area contributed by atoms with Crippen LogP contribution in [-0.4, -0.2) is 148 Å². The van der Waals surface area contributed by atoms with Crippen LogP contribution in [0, 0.1) is 0 Å². The van der Waals surface area contributed by atoms with Crippen LogP contribution in [0.2, 0.25) is 0 Å². The molecule has 0 aliphatic heterocycles. The molecule has 0 heterocycles. The van der Waals surface area contributed by atoms with Crippen LogP contribution in [0.3, 0.4) is 0 Å². The molecule has 0 unspecified atom stereocenters. The van der Waals surface area contributed by atoms with Crippen molar-refractivity contribution in [3.8, 4) is 33.8 Å². The minimum absolute atomic E-state index is 0.899. The fourth-order valence-corrected chi connectivity index (χ4v) is 17.5. The van der Waals surface area contributed by atoms with E-state index in [9.17, 15) is 0 Å². The normalized spacial score (nSPS) is 12.7. The lowest BCUT2D eigenvalue weighted by atomic mass is 10.0. The molecule has 0 saturated heterocycles. The molecule has 9 heteroatoms. The van der Waals surface area contributed by atoms with Crippen LogP contribution in [0.1, 0.15) is 116 Å². The van der Waals surface area contributed by atoms with Gasteiger partial charge in [-0.15, -0.1) is 0 Å². The molecule has 7 nitrogen and oxygen atoms in total. The second kappa shape index (κ2) is 32.3. The van der Waals surface area contributed by atoms with Crippen molar-refractivity contribution < 1.29 is 31.6 Å². The van der Waals surface area contributed by atoms with Crippen LogP contribution < -0.4 is 36.6 Å². The Morgan fingerprint density at radius 1 is 0.226 bits per heavy atom. The fraction of sp³-hybridized carbons (Fsp3) is 0.429. The maximum atomic E-state index is 7.96. The summed E-state index contributed by atoms with van der Waals surface area (Å²) in [5.74, 6) is 1.80. The summed E-state index contributed by atoms with van der Waals surface area (Å²) in [6.07, 6.45) is 0. The summed E-state index contributed by atoms with van der Waals surface area (Å²) in [6.45, 7) is 47.0. The first-order valence-electron chi connectivity index (χ1n) is 35.6. The van der Waals surface area contributed by atoms with E-state index in [-0.39, 0.29) is 0 Å². The molecule has 0 N–H and O–H groups in total. The highest BCUT2D eigenvalue weighted by Crippen LogP contribution is 2.44. The molecule has 0 aliphatic rings. The van der Waals surface area contributed by atoms with E-state index in [1.807, 2.05) is 0 Å². The molecule has 0 atom stereocenters. The smallest absolute Gasteiger partial charge is 0.135 e. The molecule has 0 saturated carbocycles. The second-order valence-electron chi connectivity index (χ2n) is 28.7. The van der Waals surface area contributed by atoms with Gasteiger partial charge in [0.25, 0.3) is 0 Å². The summed E-state index contributed by atoms with van der Waals surface area (Å²) in [5, 5.41) is 7.71. The highest BCUT2D eigenvalue weighted by atomic mass is 31.1. The standard InChI is InChI=1S/C84H120N6OP2/c1-19-85(13,20-2)61-67-31-43-73(44-32-67)75-47-57-81(83(59-75)92(77-49-35-69(36-50-77)63-87(15,23-5)24-6)78-51-37-70(38-52-78)64-88(16,25-7)26-8)91-82-58-48-76(74-45-33-68(34-46-74)62-86(14,21-3)22-4)60-84(82)93(79-53-39-71(40-54-79)65-89(17,27-9)28-10)80-55-41-72(42-56-80)66-90(18,29-11)30-12/h31-60H,19-30,61-66H2,1-18H3/q+6. The minimum atomic E-state index is -1.15. The first-order chi connectivity index (χ1) is 44.5. The SMILES string of the molecule is CC[N+](C)(CC)Cc1ccc(-c2ccc(Oc3ccc(-c4ccc(C[N+](C)(CC)CC)cc4)cc3P(c3ccc(C[N+](C)(CC)CC)cc3)c3ccc(C[N+](C)(CC)CC)cc3)c(P(c3ccc(C[N+](C)(CC)CC)cc3)c3ccc(C[N+](C)(CC)CC)cc3)c2)cc1. The summed E-state index contributed by atoms with van der Waals surface area (Å²) in [7, 11) is 12.0. The molecular formula is C84H120N6OP2+6. The third-order valence-corrected chi connectivity index (χ3v) is 27.4. The van der Waals surface area contributed by atoms with Crippen LogP contribution in [-0.2, 0) is 39.3 Å². The van der Waals surface area contributed by atoms with Gasteiger partial charge < -0.3 is 31.6 Å². The largest absolute Gasteiger partial charge is 0.456 e. The summed E-state index contributed by atoms with van der Waals surface area (Å²) in [5.41, 5.74) is 13.1. The van der Waals surface area contributed by atoms with Gasteiger partial charge in [-0.3, -0.25) is 0 Å². The summed E-state index contributed by atoms with van der Waals surface area (Å²) >= 11 is 0. The number of hydrogen-bond acceptors (Lipinski definition) is 1. The van der Waals surface area contributed by atoms with E-state index in [0.717, 1.165) is 156 Å². The van der Waals surface area contributed by atoms with E-state index in [2.05, 4.69) is 307 Å². The zero-order chi connectivity index (χ0) is 67.2. The van der Waals surface area contributed by atoms with Gasteiger partial charge in [-0.2, -0.15) is 0 Å². The summed E-state index contributed by atoms with van der Waals surface area (Å²) < 4.78 is 14.0. The van der Waals surface area contributed by atoms with Gasteiger partial charge in [0, 0.05) is 44.0 Å². The van der Waals surface area contributed by atoms with E-state index in [0.29, 0.717) is 0 Å². The molecule has 8 rings (SSSR count). The van der Waals surface area contributed by atoms with Crippen molar-refractivity contribution in [1.29, 1.82) is 0 Å². The first kappa shape index (κ1) is 73.0. The highest BCUT2D eigenvalue weighted by molar-refractivity contribution is 7.80. The van der Waals surface area contributed by atoms with E-state index < -0.39 is 15.8 Å². The highest BCUT2D eigenvalue weighted by Gasteiger charge is 2.30. The Hall–Kier alpha value is -5.82.